The summed E-state index contributed by atoms with van der Waals surface area (Å²) in [5.74, 6) is -1.40. The Morgan fingerprint density at radius 1 is 1.24 bits per heavy atom. The molecule has 1 aliphatic heterocycles. The normalized spacial score (nSPS) is 17.8. The van der Waals surface area contributed by atoms with Crippen LogP contribution in [-0.2, 0) is 13.6 Å². The van der Waals surface area contributed by atoms with E-state index in [1.807, 2.05) is 0 Å². The number of ether oxygens (including phenoxy) is 2. The number of alkyl halides is 2. The second kappa shape index (κ2) is 5.88. The smallest absolute Gasteiger partial charge is 0.395 e. The summed E-state index contributed by atoms with van der Waals surface area (Å²) < 4.78 is 57.4. The molecule has 0 amide bonds. The van der Waals surface area contributed by atoms with Crippen LogP contribution in [0.15, 0.2) is 18.2 Å². The first-order valence-corrected chi connectivity index (χ1v) is 7.96. The zero-order valence-corrected chi connectivity index (χ0v) is 12.4. The van der Waals surface area contributed by atoms with Gasteiger partial charge in [0, 0.05) is 0 Å². The van der Waals surface area contributed by atoms with Crippen LogP contribution in [0.5, 0.6) is 11.5 Å². The van der Waals surface area contributed by atoms with Gasteiger partial charge in [0.1, 0.15) is 5.78 Å². The fourth-order valence-electron chi connectivity index (χ4n) is 1.89. The molecule has 1 atom stereocenters. The SMILES string of the molecule is CCOP(=O)(OCC)[C@@H](N)c1ccc2c(c1)OC(F)(F)O2. The number of halogens is 2. The lowest BCUT2D eigenvalue weighted by Crippen LogP contribution is -2.25. The van der Waals surface area contributed by atoms with Crippen molar-refractivity contribution in [2.75, 3.05) is 13.2 Å². The summed E-state index contributed by atoms with van der Waals surface area (Å²) >= 11 is 0. The van der Waals surface area contributed by atoms with E-state index in [1.165, 1.54) is 18.2 Å². The van der Waals surface area contributed by atoms with E-state index >= 15 is 0 Å². The largest absolute Gasteiger partial charge is 0.586 e. The first-order chi connectivity index (χ1) is 9.81. The van der Waals surface area contributed by atoms with Crippen LogP contribution < -0.4 is 15.2 Å². The maximum absolute atomic E-state index is 13.0. The van der Waals surface area contributed by atoms with Crippen molar-refractivity contribution in [3.8, 4) is 11.5 Å². The van der Waals surface area contributed by atoms with Gasteiger partial charge in [-0.1, -0.05) is 6.07 Å². The third-order valence-corrected chi connectivity index (χ3v) is 4.94. The molecule has 2 rings (SSSR count). The van der Waals surface area contributed by atoms with Gasteiger partial charge in [0.15, 0.2) is 11.5 Å². The van der Waals surface area contributed by atoms with E-state index in [-0.39, 0.29) is 24.7 Å². The lowest BCUT2D eigenvalue weighted by atomic mass is 10.2. The molecule has 1 aliphatic rings. The molecule has 1 heterocycles. The zero-order chi connectivity index (χ0) is 15.7. The van der Waals surface area contributed by atoms with E-state index < -0.39 is 19.7 Å². The van der Waals surface area contributed by atoms with Gasteiger partial charge in [-0.3, -0.25) is 4.57 Å². The molecule has 9 heteroatoms. The van der Waals surface area contributed by atoms with Crippen molar-refractivity contribution in [3.05, 3.63) is 23.8 Å². The standard InChI is InChI=1S/C12H16F2NO5P/c1-3-17-21(16,18-4-2)11(15)8-5-6-9-10(7-8)20-12(13,14)19-9/h5-7,11H,3-4,15H2,1-2H3/t11-/m1/s1. The summed E-state index contributed by atoms with van der Waals surface area (Å²) in [7, 11) is -3.60. The number of fused-ring (bicyclic) bond motifs is 1. The van der Waals surface area contributed by atoms with E-state index in [2.05, 4.69) is 9.47 Å². The van der Waals surface area contributed by atoms with Crippen LogP contribution >= 0.6 is 7.60 Å². The third kappa shape index (κ3) is 3.35. The molecule has 0 aliphatic carbocycles. The molecule has 0 radical (unpaired) electrons. The number of rotatable bonds is 6. The van der Waals surface area contributed by atoms with Crippen LogP contribution in [0.3, 0.4) is 0 Å². The number of benzene rings is 1. The second-order valence-corrected chi connectivity index (χ2v) is 6.35. The average Bonchev–Trinajstić information content (AvgIpc) is 2.71. The van der Waals surface area contributed by atoms with E-state index in [0.717, 1.165) is 0 Å². The van der Waals surface area contributed by atoms with Gasteiger partial charge in [-0.25, -0.2) is 0 Å². The van der Waals surface area contributed by atoms with Gasteiger partial charge in [-0.05, 0) is 31.5 Å². The molecule has 0 aromatic heterocycles. The molecule has 0 bridgehead atoms. The van der Waals surface area contributed by atoms with Gasteiger partial charge in [0.05, 0.1) is 13.2 Å². The van der Waals surface area contributed by atoms with Crippen molar-refractivity contribution < 1.29 is 31.9 Å². The van der Waals surface area contributed by atoms with E-state index in [1.54, 1.807) is 13.8 Å². The van der Waals surface area contributed by atoms with Gasteiger partial charge >= 0.3 is 13.9 Å². The molecule has 6 nitrogen and oxygen atoms in total. The highest BCUT2D eigenvalue weighted by molar-refractivity contribution is 7.54. The van der Waals surface area contributed by atoms with E-state index in [4.69, 9.17) is 14.8 Å². The molecular formula is C12H16F2NO5P. The molecule has 1 aromatic rings. The summed E-state index contributed by atoms with van der Waals surface area (Å²) in [5, 5.41) is 0. The first-order valence-electron chi connectivity index (χ1n) is 6.35. The Morgan fingerprint density at radius 2 is 1.81 bits per heavy atom. The quantitative estimate of drug-likeness (QED) is 0.810. The lowest BCUT2D eigenvalue weighted by molar-refractivity contribution is -0.286. The Morgan fingerprint density at radius 3 is 2.38 bits per heavy atom. The molecule has 1 aromatic carbocycles. The summed E-state index contributed by atoms with van der Waals surface area (Å²) in [4.78, 5) is 0. The summed E-state index contributed by atoms with van der Waals surface area (Å²) in [6, 6.07) is 3.93. The molecule has 2 N–H and O–H groups in total. The van der Waals surface area contributed by atoms with Crippen LogP contribution in [0.25, 0.3) is 0 Å². The fourth-order valence-corrected chi connectivity index (χ4v) is 3.53. The van der Waals surface area contributed by atoms with E-state index in [9.17, 15) is 13.3 Å². The highest BCUT2D eigenvalue weighted by atomic mass is 31.2. The molecule has 0 unspecified atom stereocenters. The number of nitrogens with two attached hydrogens (primary N) is 1. The first kappa shape index (κ1) is 16.2. The highest BCUT2D eigenvalue weighted by Gasteiger charge is 2.44. The molecule has 0 fully saturated rings. The predicted octanol–water partition coefficient (Wildman–Crippen LogP) is 3.23. The minimum atomic E-state index is -3.71. The molecular weight excluding hydrogens is 307 g/mol. The predicted molar refractivity (Wildman–Crippen MR) is 70.4 cm³/mol. The minimum Gasteiger partial charge on any atom is -0.395 e. The minimum absolute atomic E-state index is 0.112. The van der Waals surface area contributed by atoms with Crippen LogP contribution in [-0.4, -0.2) is 19.5 Å². The number of hydrogen-bond acceptors (Lipinski definition) is 6. The van der Waals surface area contributed by atoms with Crippen molar-refractivity contribution in [2.24, 2.45) is 5.73 Å². The maximum Gasteiger partial charge on any atom is 0.586 e. The molecule has 0 saturated heterocycles. The lowest BCUT2D eigenvalue weighted by Gasteiger charge is -2.23. The van der Waals surface area contributed by atoms with Crippen LogP contribution in [0.4, 0.5) is 8.78 Å². The van der Waals surface area contributed by atoms with E-state index in [0.29, 0.717) is 5.56 Å². The van der Waals surface area contributed by atoms with Crippen LogP contribution in [0.2, 0.25) is 0 Å². The van der Waals surface area contributed by atoms with Crippen molar-refractivity contribution in [2.45, 2.75) is 25.9 Å². The Bertz CT molecular complexity index is 559. The van der Waals surface area contributed by atoms with Crippen LogP contribution in [0.1, 0.15) is 25.2 Å². The highest BCUT2D eigenvalue weighted by Crippen LogP contribution is 2.59. The monoisotopic (exact) mass is 323 g/mol. The van der Waals surface area contributed by atoms with Gasteiger partial charge in [0.2, 0.25) is 0 Å². The molecule has 0 spiro atoms. The Labute approximate surface area is 120 Å². The number of hydrogen-bond donors (Lipinski definition) is 1. The van der Waals surface area contributed by atoms with Crippen molar-refractivity contribution in [1.29, 1.82) is 0 Å². The third-order valence-electron chi connectivity index (χ3n) is 2.73. The van der Waals surface area contributed by atoms with Gasteiger partial charge in [0.25, 0.3) is 0 Å². The molecule has 21 heavy (non-hydrogen) atoms. The summed E-state index contributed by atoms with van der Waals surface area (Å²) in [5.41, 5.74) is 6.20. The molecule has 0 saturated carbocycles. The second-order valence-electron chi connectivity index (χ2n) is 4.19. The average molecular weight is 323 g/mol. The summed E-state index contributed by atoms with van der Waals surface area (Å²) in [6.45, 7) is 3.60. The van der Waals surface area contributed by atoms with Crippen molar-refractivity contribution >= 4 is 7.60 Å². The van der Waals surface area contributed by atoms with Crippen molar-refractivity contribution in [3.63, 3.8) is 0 Å². The zero-order valence-electron chi connectivity index (χ0n) is 11.5. The Balaban J connectivity index is 2.28. The van der Waals surface area contributed by atoms with Gasteiger partial charge in [-0.15, -0.1) is 8.78 Å². The summed E-state index contributed by atoms with van der Waals surface area (Å²) in [6.07, 6.45) is -3.71. The fraction of sp³-hybridized carbons (Fsp3) is 0.500. The maximum atomic E-state index is 13.0. The topological polar surface area (TPSA) is 80.0 Å². The van der Waals surface area contributed by atoms with Crippen LogP contribution in [0, 0.1) is 0 Å². The van der Waals surface area contributed by atoms with Crippen molar-refractivity contribution in [1.82, 2.24) is 0 Å². The Hall–Kier alpha value is -1.21. The Kier molecular flexibility index (Phi) is 4.53. The van der Waals surface area contributed by atoms with Gasteiger partial charge in [-0.2, -0.15) is 0 Å². The molecule has 118 valence electrons. The van der Waals surface area contributed by atoms with Gasteiger partial charge < -0.3 is 24.3 Å².